The Kier molecular flexibility index (Phi) is 5.43. The summed E-state index contributed by atoms with van der Waals surface area (Å²) in [7, 11) is 0. The van der Waals surface area contributed by atoms with Gasteiger partial charge in [-0.2, -0.15) is 0 Å². The van der Waals surface area contributed by atoms with Crippen LogP contribution in [0.5, 0.6) is 5.75 Å². The molecule has 2 rings (SSSR count). The highest BCUT2D eigenvalue weighted by atomic mass is 79.9. The van der Waals surface area contributed by atoms with Gasteiger partial charge in [-0.25, -0.2) is 0 Å². The molecule has 0 bridgehead atoms. The number of ether oxygens (including phenoxy) is 2. The van der Waals surface area contributed by atoms with Gasteiger partial charge >= 0.3 is 5.97 Å². The van der Waals surface area contributed by atoms with Crippen LogP contribution in [0.2, 0.25) is 0 Å². The van der Waals surface area contributed by atoms with E-state index in [4.69, 9.17) is 9.47 Å². The lowest BCUT2D eigenvalue weighted by molar-refractivity contribution is -0.145. The van der Waals surface area contributed by atoms with Gasteiger partial charge in [-0.3, -0.25) is 10.1 Å². The van der Waals surface area contributed by atoms with Crippen LogP contribution in [0.4, 0.5) is 0 Å². The van der Waals surface area contributed by atoms with E-state index < -0.39 is 0 Å². The van der Waals surface area contributed by atoms with Gasteiger partial charge in [-0.1, -0.05) is 22.0 Å². The number of hydrogen-bond acceptors (Lipinski definition) is 4. The second-order valence-corrected chi connectivity index (χ2v) is 5.78. The first-order chi connectivity index (χ1) is 9.61. The van der Waals surface area contributed by atoms with Crippen LogP contribution in [0.3, 0.4) is 0 Å². The van der Waals surface area contributed by atoms with Crippen molar-refractivity contribution in [2.24, 2.45) is 0 Å². The molecule has 20 heavy (non-hydrogen) atoms. The van der Waals surface area contributed by atoms with Gasteiger partial charge in [0, 0.05) is 16.1 Å². The summed E-state index contributed by atoms with van der Waals surface area (Å²) in [4.78, 5) is 11.7. The van der Waals surface area contributed by atoms with Crippen molar-refractivity contribution < 1.29 is 14.3 Å². The van der Waals surface area contributed by atoms with E-state index in [0.29, 0.717) is 13.2 Å². The van der Waals surface area contributed by atoms with E-state index in [2.05, 4.69) is 21.2 Å². The van der Waals surface area contributed by atoms with Crippen LogP contribution >= 0.6 is 15.9 Å². The molecule has 0 amide bonds. The van der Waals surface area contributed by atoms with Crippen molar-refractivity contribution in [3.8, 4) is 5.75 Å². The molecule has 0 aliphatic carbocycles. The SMILES string of the molecule is CCOC(=O)C(C)NC1CCCOc2cc(Br)ccc21. The predicted molar refractivity (Wildman–Crippen MR) is 80.8 cm³/mol. The lowest BCUT2D eigenvalue weighted by atomic mass is 10.0. The molecule has 0 aromatic heterocycles. The Morgan fingerprint density at radius 1 is 1.60 bits per heavy atom. The highest BCUT2D eigenvalue weighted by molar-refractivity contribution is 9.10. The topological polar surface area (TPSA) is 47.6 Å². The van der Waals surface area contributed by atoms with Crippen LogP contribution in [0.15, 0.2) is 22.7 Å². The van der Waals surface area contributed by atoms with Crippen molar-refractivity contribution in [3.05, 3.63) is 28.2 Å². The number of carbonyl (C=O) groups excluding carboxylic acids is 1. The summed E-state index contributed by atoms with van der Waals surface area (Å²) in [6, 6.07) is 5.80. The van der Waals surface area contributed by atoms with Gasteiger partial charge in [-0.05, 0) is 38.8 Å². The maximum absolute atomic E-state index is 11.7. The first kappa shape index (κ1) is 15.3. The van der Waals surface area contributed by atoms with Gasteiger partial charge in [0.2, 0.25) is 0 Å². The maximum atomic E-state index is 11.7. The summed E-state index contributed by atoms with van der Waals surface area (Å²) in [6.45, 7) is 4.76. The van der Waals surface area contributed by atoms with Gasteiger partial charge in [0.25, 0.3) is 0 Å². The Morgan fingerprint density at radius 2 is 2.40 bits per heavy atom. The molecule has 4 nitrogen and oxygen atoms in total. The fraction of sp³-hybridized carbons (Fsp3) is 0.533. The molecular formula is C15H20BrNO3. The molecule has 0 saturated heterocycles. The van der Waals surface area contributed by atoms with Crippen LogP contribution < -0.4 is 10.1 Å². The van der Waals surface area contributed by atoms with Crippen LogP contribution in [-0.2, 0) is 9.53 Å². The molecule has 0 spiro atoms. The summed E-state index contributed by atoms with van der Waals surface area (Å²) < 4.78 is 11.8. The van der Waals surface area contributed by atoms with Gasteiger partial charge in [0.15, 0.2) is 0 Å². The van der Waals surface area contributed by atoms with E-state index in [1.54, 1.807) is 0 Å². The minimum Gasteiger partial charge on any atom is -0.493 e. The Labute approximate surface area is 128 Å². The highest BCUT2D eigenvalue weighted by Crippen LogP contribution is 2.33. The number of carbonyl (C=O) groups is 1. The summed E-state index contributed by atoms with van der Waals surface area (Å²) in [6.07, 6.45) is 1.90. The molecular weight excluding hydrogens is 322 g/mol. The summed E-state index contributed by atoms with van der Waals surface area (Å²) in [5.41, 5.74) is 1.10. The van der Waals surface area contributed by atoms with E-state index in [1.165, 1.54) is 0 Å². The lowest BCUT2D eigenvalue weighted by Gasteiger charge is -2.22. The third-order valence-corrected chi connectivity index (χ3v) is 3.83. The molecule has 0 radical (unpaired) electrons. The third kappa shape index (κ3) is 3.73. The molecule has 2 atom stereocenters. The molecule has 1 aliphatic rings. The Hall–Kier alpha value is -1.07. The smallest absolute Gasteiger partial charge is 0.322 e. The summed E-state index contributed by atoms with van der Waals surface area (Å²) in [5, 5.41) is 3.35. The number of hydrogen-bond donors (Lipinski definition) is 1. The zero-order valence-electron chi connectivity index (χ0n) is 11.8. The minimum atomic E-state index is -0.324. The zero-order valence-corrected chi connectivity index (χ0v) is 13.4. The second-order valence-electron chi connectivity index (χ2n) is 4.87. The number of halogens is 1. The van der Waals surface area contributed by atoms with Crippen LogP contribution in [0.25, 0.3) is 0 Å². The standard InChI is InChI=1S/C15H20BrNO3/c1-3-19-15(18)10(2)17-13-5-4-8-20-14-9-11(16)6-7-12(13)14/h6-7,9-10,13,17H,3-5,8H2,1-2H3. The Morgan fingerprint density at radius 3 is 3.15 bits per heavy atom. The average Bonchev–Trinajstić information content (AvgIpc) is 2.61. The van der Waals surface area contributed by atoms with Crippen molar-refractivity contribution in [1.82, 2.24) is 5.32 Å². The number of esters is 1. The molecule has 0 saturated carbocycles. The van der Waals surface area contributed by atoms with Crippen molar-refractivity contribution >= 4 is 21.9 Å². The van der Waals surface area contributed by atoms with Crippen LogP contribution in [0.1, 0.15) is 38.3 Å². The fourth-order valence-corrected chi connectivity index (χ4v) is 2.70. The number of rotatable bonds is 4. The largest absolute Gasteiger partial charge is 0.493 e. The molecule has 1 aromatic carbocycles. The van der Waals surface area contributed by atoms with Gasteiger partial charge in [0.1, 0.15) is 11.8 Å². The van der Waals surface area contributed by atoms with Crippen molar-refractivity contribution in [2.45, 2.75) is 38.8 Å². The predicted octanol–water partition coefficient (Wildman–Crippen LogP) is 3.20. The van der Waals surface area contributed by atoms with Crippen molar-refractivity contribution in [3.63, 3.8) is 0 Å². The fourth-order valence-electron chi connectivity index (χ4n) is 2.36. The molecule has 1 heterocycles. The second kappa shape index (κ2) is 7.09. The minimum absolute atomic E-state index is 0.111. The van der Waals surface area contributed by atoms with E-state index in [0.717, 1.165) is 28.6 Å². The van der Waals surface area contributed by atoms with Gasteiger partial charge in [-0.15, -0.1) is 0 Å². The Bertz CT molecular complexity index is 478. The zero-order chi connectivity index (χ0) is 14.5. The first-order valence-electron chi connectivity index (χ1n) is 6.96. The molecule has 2 unspecified atom stereocenters. The summed E-state index contributed by atoms with van der Waals surface area (Å²) in [5.74, 6) is 0.668. The highest BCUT2D eigenvalue weighted by Gasteiger charge is 2.24. The van der Waals surface area contributed by atoms with Crippen molar-refractivity contribution in [1.29, 1.82) is 0 Å². The average molecular weight is 342 g/mol. The maximum Gasteiger partial charge on any atom is 0.322 e. The Balaban J connectivity index is 2.14. The van der Waals surface area contributed by atoms with E-state index in [9.17, 15) is 4.79 Å². The molecule has 1 aliphatic heterocycles. The first-order valence-corrected chi connectivity index (χ1v) is 7.76. The normalized spacial score (nSPS) is 19.4. The summed E-state index contributed by atoms with van der Waals surface area (Å²) >= 11 is 3.46. The number of benzene rings is 1. The van der Waals surface area contributed by atoms with Crippen molar-refractivity contribution in [2.75, 3.05) is 13.2 Å². The lowest BCUT2D eigenvalue weighted by Crippen LogP contribution is -2.38. The van der Waals surface area contributed by atoms with E-state index in [1.807, 2.05) is 32.0 Å². The molecule has 1 N–H and O–H groups in total. The quantitative estimate of drug-likeness (QED) is 0.854. The molecule has 0 fully saturated rings. The number of nitrogens with one attached hydrogen (secondary N) is 1. The van der Waals surface area contributed by atoms with Crippen LogP contribution in [0, 0.1) is 0 Å². The molecule has 110 valence electrons. The van der Waals surface area contributed by atoms with E-state index >= 15 is 0 Å². The molecule has 1 aromatic rings. The van der Waals surface area contributed by atoms with Gasteiger partial charge in [0.05, 0.1) is 13.2 Å². The van der Waals surface area contributed by atoms with E-state index in [-0.39, 0.29) is 18.1 Å². The van der Waals surface area contributed by atoms with Crippen LogP contribution in [-0.4, -0.2) is 25.2 Å². The molecule has 5 heteroatoms. The van der Waals surface area contributed by atoms with Gasteiger partial charge < -0.3 is 9.47 Å². The number of fused-ring (bicyclic) bond motifs is 1. The third-order valence-electron chi connectivity index (χ3n) is 3.34. The monoisotopic (exact) mass is 341 g/mol.